The molecule has 0 bridgehead atoms. The van der Waals surface area contributed by atoms with Gasteiger partial charge in [-0.3, -0.25) is 0 Å². The average molecular weight is 297 g/mol. The highest BCUT2D eigenvalue weighted by molar-refractivity contribution is 8.00. The predicted octanol–water partition coefficient (Wildman–Crippen LogP) is 3.24. The number of thioether (sulfide) groups is 1. The van der Waals surface area contributed by atoms with E-state index in [9.17, 15) is 5.11 Å². The first-order valence-corrected chi connectivity index (χ1v) is 8.20. The van der Waals surface area contributed by atoms with E-state index in [2.05, 4.69) is 38.2 Å². The van der Waals surface area contributed by atoms with Gasteiger partial charge in [0.05, 0.1) is 13.7 Å². The Hall–Kier alpha value is -0.710. The molecule has 3 atom stereocenters. The summed E-state index contributed by atoms with van der Waals surface area (Å²) in [6, 6.07) is 8.53. The fraction of sp³-hybridized carbons (Fsp3) is 0.625. The molecule has 2 N–H and O–H groups in total. The van der Waals surface area contributed by atoms with Gasteiger partial charge in [-0.2, -0.15) is 11.8 Å². The molecule has 3 unspecified atom stereocenters. The van der Waals surface area contributed by atoms with Crippen molar-refractivity contribution < 1.29 is 9.84 Å². The molecule has 4 heteroatoms. The van der Waals surface area contributed by atoms with E-state index in [1.54, 1.807) is 7.11 Å². The third-order valence-electron chi connectivity index (χ3n) is 3.26. The lowest BCUT2D eigenvalue weighted by atomic mass is 10.0. The van der Waals surface area contributed by atoms with Crippen molar-refractivity contribution in [1.82, 2.24) is 5.32 Å². The quantitative estimate of drug-likeness (QED) is 0.734. The molecule has 3 nitrogen and oxygen atoms in total. The van der Waals surface area contributed by atoms with E-state index in [0.717, 1.165) is 18.7 Å². The molecule has 0 aliphatic heterocycles. The maximum absolute atomic E-state index is 9.22. The molecule has 0 radical (unpaired) electrons. The highest BCUT2D eigenvalue weighted by Crippen LogP contribution is 2.30. The van der Waals surface area contributed by atoms with Crippen LogP contribution in [0.2, 0.25) is 0 Å². The van der Waals surface area contributed by atoms with Gasteiger partial charge >= 0.3 is 0 Å². The molecule has 0 aromatic heterocycles. The van der Waals surface area contributed by atoms with Crippen molar-refractivity contribution in [3.63, 3.8) is 0 Å². The molecule has 1 rings (SSSR count). The fourth-order valence-corrected chi connectivity index (χ4v) is 3.38. The van der Waals surface area contributed by atoms with Crippen molar-refractivity contribution >= 4 is 11.8 Å². The first kappa shape index (κ1) is 17.3. The molecule has 0 saturated heterocycles. The molecule has 20 heavy (non-hydrogen) atoms. The molecule has 114 valence electrons. The van der Waals surface area contributed by atoms with E-state index in [4.69, 9.17) is 4.74 Å². The van der Waals surface area contributed by atoms with Crippen LogP contribution in [0.1, 0.15) is 38.8 Å². The van der Waals surface area contributed by atoms with E-state index in [1.165, 1.54) is 5.56 Å². The van der Waals surface area contributed by atoms with Gasteiger partial charge in [0.2, 0.25) is 0 Å². The number of methoxy groups -OCH3 is 1. The number of hydrogen-bond donors (Lipinski definition) is 2. The minimum atomic E-state index is 0.220. The van der Waals surface area contributed by atoms with Crippen LogP contribution < -0.4 is 10.1 Å². The molecular weight excluding hydrogens is 270 g/mol. The zero-order valence-electron chi connectivity index (χ0n) is 12.9. The van der Waals surface area contributed by atoms with E-state index in [0.29, 0.717) is 11.3 Å². The number of benzene rings is 1. The van der Waals surface area contributed by atoms with Crippen molar-refractivity contribution in [3.05, 3.63) is 29.8 Å². The molecule has 0 fully saturated rings. The number of aliphatic hydroxyl groups excluding tert-OH is 1. The van der Waals surface area contributed by atoms with E-state index in [-0.39, 0.29) is 11.9 Å². The number of ether oxygens (including phenoxy) is 1. The van der Waals surface area contributed by atoms with Crippen molar-refractivity contribution in [3.8, 4) is 5.75 Å². The van der Waals surface area contributed by atoms with Crippen molar-refractivity contribution in [2.24, 2.45) is 0 Å². The minimum Gasteiger partial charge on any atom is -0.497 e. The second kappa shape index (κ2) is 9.27. The molecule has 0 aliphatic rings. The summed E-state index contributed by atoms with van der Waals surface area (Å²) in [5.41, 5.74) is 1.27. The van der Waals surface area contributed by atoms with E-state index < -0.39 is 0 Å². The Morgan fingerprint density at radius 2 is 1.90 bits per heavy atom. The van der Waals surface area contributed by atoms with Gasteiger partial charge in [0.25, 0.3) is 0 Å². The second-order valence-corrected chi connectivity index (χ2v) is 6.86. The molecular formula is C16H27NO2S. The smallest absolute Gasteiger partial charge is 0.118 e. The Balaban J connectivity index is 2.80. The van der Waals surface area contributed by atoms with Crippen LogP contribution in [0.5, 0.6) is 5.75 Å². The summed E-state index contributed by atoms with van der Waals surface area (Å²) in [5, 5.41) is 13.5. The lowest BCUT2D eigenvalue weighted by Gasteiger charge is -2.27. The molecule has 0 aliphatic carbocycles. The maximum atomic E-state index is 9.22. The summed E-state index contributed by atoms with van der Waals surface area (Å²) >= 11 is 1.82. The Labute approximate surface area is 127 Å². The summed E-state index contributed by atoms with van der Waals surface area (Å²) in [6.45, 7) is 7.67. The number of aliphatic hydroxyl groups is 1. The minimum absolute atomic E-state index is 0.220. The first-order chi connectivity index (χ1) is 9.62. The molecule has 0 amide bonds. The van der Waals surface area contributed by atoms with Crippen LogP contribution in [-0.4, -0.2) is 35.9 Å². The SMILES string of the molecule is CCCNC(c1ccc(OC)cc1)C(C)SC(C)CO. The van der Waals surface area contributed by atoms with Crippen molar-refractivity contribution in [2.75, 3.05) is 20.3 Å². The third-order valence-corrected chi connectivity index (χ3v) is 4.58. The molecule has 1 aromatic carbocycles. The first-order valence-electron chi connectivity index (χ1n) is 7.26. The number of nitrogens with one attached hydrogen (secondary N) is 1. The molecule has 0 spiro atoms. The Bertz CT molecular complexity index is 369. The lowest BCUT2D eigenvalue weighted by Crippen LogP contribution is -2.30. The van der Waals surface area contributed by atoms with Crippen LogP contribution in [0.3, 0.4) is 0 Å². The van der Waals surface area contributed by atoms with Crippen LogP contribution in [0, 0.1) is 0 Å². The highest BCUT2D eigenvalue weighted by atomic mass is 32.2. The van der Waals surface area contributed by atoms with E-state index in [1.807, 2.05) is 23.9 Å². The number of rotatable bonds is 9. The Morgan fingerprint density at radius 3 is 2.40 bits per heavy atom. The molecule has 1 aromatic rings. The lowest BCUT2D eigenvalue weighted by molar-refractivity contribution is 0.299. The predicted molar refractivity (Wildman–Crippen MR) is 87.6 cm³/mol. The van der Waals surface area contributed by atoms with Crippen molar-refractivity contribution in [1.29, 1.82) is 0 Å². The van der Waals surface area contributed by atoms with Crippen LogP contribution in [0.25, 0.3) is 0 Å². The topological polar surface area (TPSA) is 41.5 Å². The highest BCUT2D eigenvalue weighted by Gasteiger charge is 2.21. The molecule has 0 saturated carbocycles. The van der Waals surface area contributed by atoms with E-state index >= 15 is 0 Å². The van der Waals surface area contributed by atoms with Gasteiger partial charge < -0.3 is 15.2 Å². The van der Waals surface area contributed by atoms with Gasteiger partial charge in [-0.15, -0.1) is 0 Å². The zero-order valence-corrected chi connectivity index (χ0v) is 13.7. The van der Waals surface area contributed by atoms with Gasteiger partial charge in [0.15, 0.2) is 0 Å². The summed E-state index contributed by atoms with van der Waals surface area (Å²) in [6.07, 6.45) is 1.11. The van der Waals surface area contributed by atoms with Crippen LogP contribution in [0.15, 0.2) is 24.3 Å². The average Bonchev–Trinajstić information content (AvgIpc) is 2.48. The van der Waals surface area contributed by atoms with Gasteiger partial charge in [0.1, 0.15) is 5.75 Å². The van der Waals surface area contributed by atoms with Gasteiger partial charge in [0, 0.05) is 16.5 Å². The monoisotopic (exact) mass is 297 g/mol. The summed E-state index contributed by atoms with van der Waals surface area (Å²) in [5.74, 6) is 0.882. The van der Waals surface area contributed by atoms with Gasteiger partial charge in [-0.25, -0.2) is 0 Å². The summed E-state index contributed by atoms with van der Waals surface area (Å²) < 4.78 is 5.21. The van der Waals surface area contributed by atoms with Gasteiger partial charge in [-0.05, 0) is 30.7 Å². The van der Waals surface area contributed by atoms with Crippen molar-refractivity contribution in [2.45, 2.75) is 43.7 Å². The fourth-order valence-electron chi connectivity index (χ4n) is 2.15. The third kappa shape index (κ3) is 5.35. The zero-order chi connectivity index (χ0) is 15.0. The largest absolute Gasteiger partial charge is 0.497 e. The van der Waals surface area contributed by atoms with Crippen LogP contribution >= 0.6 is 11.8 Å². The van der Waals surface area contributed by atoms with Crippen LogP contribution in [-0.2, 0) is 0 Å². The normalized spacial score (nSPS) is 15.7. The maximum Gasteiger partial charge on any atom is 0.118 e. The molecule has 0 heterocycles. The van der Waals surface area contributed by atoms with Gasteiger partial charge in [-0.1, -0.05) is 32.9 Å². The standard InChI is InChI=1S/C16H27NO2S/c1-5-10-17-16(13(3)20-12(2)11-18)14-6-8-15(19-4)9-7-14/h6-9,12-13,16-18H,5,10-11H2,1-4H3. The summed E-state index contributed by atoms with van der Waals surface area (Å²) in [4.78, 5) is 0. The number of hydrogen-bond acceptors (Lipinski definition) is 4. The Kier molecular flexibility index (Phi) is 8.04. The second-order valence-electron chi connectivity index (χ2n) is 5.04. The Morgan fingerprint density at radius 1 is 1.25 bits per heavy atom. The summed E-state index contributed by atoms with van der Waals surface area (Å²) in [7, 11) is 1.68. The van der Waals surface area contributed by atoms with Crippen LogP contribution in [0.4, 0.5) is 0 Å².